The molecule has 0 aromatic carbocycles. The van der Waals surface area contributed by atoms with Crippen molar-refractivity contribution in [3.8, 4) is 0 Å². The Morgan fingerprint density at radius 2 is 1.36 bits per heavy atom. The molecule has 0 N–H and O–H groups in total. The van der Waals surface area contributed by atoms with E-state index in [0.717, 1.165) is 18.6 Å². The van der Waals surface area contributed by atoms with Gasteiger partial charge in [0.2, 0.25) is 11.5 Å². The van der Waals surface area contributed by atoms with Crippen LogP contribution in [0.25, 0.3) is 0 Å². The van der Waals surface area contributed by atoms with Crippen molar-refractivity contribution in [2.75, 3.05) is 0 Å². The average Bonchev–Trinajstić information content (AvgIpc) is 2.92. The first-order valence-electron chi connectivity index (χ1n) is 5.82. The summed E-state index contributed by atoms with van der Waals surface area (Å²) in [6.45, 7) is 0. The van der Waals surface area contributed by atoms with Gasteiger partial charge >= 0.3 is 0 Å². The normalized spacial score (nSPS) is 24.4. The van der Waals surface area contributed by atoms with E-state index in [1.165, 1.54) is 38.5 Å². The Morgan fingerprint density at radius 1 is 0.786 bits per heavy atom. The van der Waals surface area contributed by atoms with Gasteiger partial charge in [0.05, 0.1) is 0 Å². The molecule has 0 spiro atoms. The zero-order valence-corrected chi connectivity index (χ0v) is 8.68. The summed E-state index contributed by atoms with van der Waals surface area (Å²) in [6.07, 6.45) is 10.4. The lowest BCUT2D eigenvalue weighted by Gasteiger charge is -2.00. The van der Waals surface area contributed by atoms with E-state index in [1.54, 1.807) is 0 Å². The number of carbonyl (C=O) groups is 1. The fourth-order valence-electron chi connectivity index (χ4n) is 2.04. The van der Waals surface area contributed by atoms with Crippen LogP contribution >= 0.6 is 0 Å². The summed E-state index contributed by atoms with van der Waals surface area (Å²) in [5, 5.41) is 0. The van der Waals surface area contributed by atoms with E-state index in [4.69, 9.17) is 4.74 Å². The topological polar surface area (TPSA) is 29.6 Å². The SMILES string of the molecule is O=C1CCCCCCCCCC2=C1O2. The molecule has 2 aliphatic rings. The molecule has 1 heterocycles. The van der Waals surface area contributed by atoms with Crippen LogP contribution in [0.1, 0.15) is 57.8 Å². The first-order chi connectivity index (χ1) is 6.88. The van der Waals surface area contributed by atoms with Crippen LogP contribution in [0.4, 0.5) is 0 Å². The van der Waals surface area contributed by atoms with E-state index in [0.29, 0.717) is 12.2 Å². The molecule has 0 unspecified atom stereocenters. The molecular weight excluding hydrogens is 176 g/mol. The van der Waals surface area contributed by atoms with Crippen LogP contribution in [-0.4, -0.2) is 5.78 Å². The molecule has 0 bridgehead atoms. The summed E-state index contributed by atoms with van der Waals surface area (Å²) in [6, 6.07) is 0. The lowest BCUT2D eigenvalue weighted by molar-refractivity contribution is -0.116. The molecule has 1 aliphatic carbocycles. The van der Waals surface area contributed by atoms with E-state index in [1.807, 2.05) is 0 Å². The summed E-state index contributed by atoms with van der Waals surface area (Å²) >= 11 is 0. The van der Waals surface area contributed by atoms with Gasteiger partial charge in [-0.2, -0.15) is 0 Å². The monoisotopic (exact) mass is 194 g/mol. The van der Waals surface area contributed by atoms with Crippen LogP contribution in [0.5, 0.6) is 0 Å². The van der Waals surface area contributed by atoms with Gasteiger partial charge in [0.1, 0.15) is 0 Å². The Balaban J connectivity index is 1.85. The number of ketones is 1. The lowest BCUT2D eigenvalue weighted by Crippen LogP contribution is -1.95. The Bertz CT molecular complexity index is 240. The van der Waals surface area contributed by atoms with Crippen molar-refractivity contribution >= 4 is 5.78 Å². The molecule has 0 saturated heterocycles. The minimum absolute atomic E-state index is 0.237. The average molecular weight is 194 g/mol. The van der Waals surface area contributed by atoms with Crippen molar-refractivity contribution in [1.29, 1.82) is 0 Å². The summed E-state index contributed by atoms with van der Waals surface area (Å²) < 4.78 is 5.23. The first-order valence-corrected chi connectivity index (χ1v) is 5.82. The van der Waals surface area contributed by atoms with Crippen molar-refractivity contribution in [1.82, 2.24) is 0 Å². The molecule has 2 heteroatoms. The van der Waals surface area contributed by atoms with Crippen LogP contribution in [0.15, 0.2) is 11.5 Å². The second-order valence-electron chi connectivity index (χ2n) is 4.25. The van der Waals surface area contributed by atoms with Crippen molar-refractivity contribution in [3.63, 3.8) is 0 Å². The van der Waals surface area contributed by atoms with Gasteiger partial charge in [-0.3, -0.25) is 4.79 Å². The van der Waals surface area contributed by atoms with E-state index in [9.17, 15) is 4.79 Å². The number of ether oxygens (including phenoxy) is 1. The molecule has 0 aromatic rings. The van der Waals surface area contributed by atoms with Gasteiger partial charge in [0, 0.05) is 12.8 Å². The molecule has 0 aromatic heterocycles. The van der Waals surface area contributed by atoms with Crippen molar-refractivity contribution < 1.29 is 9.53 Å². The maximum Gasteiger partial charge on any atom is 0.208 e. The highest BCUT2D eigenvalue weighted by molar-refractivity contribution is 5.96. The Morgan fingerprint density at radius 3 is 2.07 bits per heavy atom. The molecule has 0 amide bonds. The largest absolute Gasteiger partial charge is 0.450 e. The van der Waals surface area contributed by atoms with Crippen LogP contribution in [0, 0.1) is 0 Å². The van der Waals surface area contributed by atoms with Gasteiger partial charge in [-0.05, 0) is 12.8 Å². The number of Topliss-reactive ketones (excluding diaryl/α,β-unsaturated/α-hetero) is 1. The third-order valence-corrected chi connectivity index (χ3v) is 3.00. The van der Waals surface area contributed by atoms with Crippen molar-refractivity contribution in [3.05, 3.63) is 11.5 Å². The molecule has 2 nitrogen and oxygen atoms in total. The minimum atomic E-state index is 0.237. The second-order valence-corrected chi connectivity index (χ2v) is 4.25. The van der Waals surface area contributed by atoms with E-state index < -0.39 is 0 Å². The molecule has 14 heavy (non-hydrogen) atoms. The van der Waals surface area contributed by atoms with Crippen LogP contribution < -0.4 is 0 Å². The zero-order valence-electron chi connectivity index (χ0n) is 8.68. The summed E-state index contributed by atoms with van der Waals surface area (Å²) in [5.41, 5.74) is 0. The zero-order chi connectivity index (χ0) is 9.80. The van der Waals surface area contributed by atoms with E-state index in [2.05, 4.69) is 0 Å². The number of hydrogen-bond donors (Lipinski definition) is 0. The third kappa shape index (κ3) is 2.60. The first kappa shape index (κ1) is 9.75. The molecule has 0 radical (unpaired) electrons. The molecular formula is C12H18O2. The molecule has 2 rings (SSSR count). The maximum absolute atomic E-state index is 11.5. The molecule has 0 atom stereocenters. The number of carbonyl (C=O) groups excluding carboxylic acids is 1. The van der Waals surface area contributed by atoms with Crippen molar-refractivity contribution in [2.24, 2.45) is 0 Å². The van der Waals surface area contributed by atoms with Gasteiger partial charge < -0.3 is 4.74 Å². The highest BCUT2D eigenvalue weighted by atomic mass is 16.6. The Labute approximate surface area is 85.3 Å². The van der Waals surface area contributed by atoms with Gasteiger partial charge in [0.15, 0.2) is 5.76 Å². The third-order valence-electron chi connectivity index (χ3n) is 3.00. The summed E-state index contributed by atoms with van der Waals surface area (Å²) in [4.78, 5) is 11.5. The number of hydrogen-bond acceptors (Lipinski definition) is 2. The van der Waals surface area contributed by atoms with Gasteiger partial charge in [-0.25, -0.2) is 0 Å². The van der Waals surface area contributed by atoms with Crippen LogP contribution in [0.3, 0.4) is 0 Å². The van der Waals surface area contributed by atoms with Crippen LogP contribution in [0.2, 0.25) is 0 Å². The molecule has 78 valence electrons. The van der Waals surface area contributed by atoms with Gasteiger partial charge in [-0.1, -0.05) is 32.1 Å². The standard InChI is InChI=1S/C12H18O2/c13-10-8-6-4-2-1-3-5-7-9-11-12(10)14-11/h1-9H2. The van der Waals surface area contributed by atoms with Crippen LogP contribution in [-0.2, 0) is 9.53 Å². The molecule has 0 fully saturated rings. The fraction of sp³-hybridized carbons (Fsp3) is 0.750. The molecule has 0 saturated carbocycles. The van der Waals surface area contributed by atoms with E-state index >= 15 is 0 Å². The Kier molecular flexibility index (Phi) is 3.22. The highest BCUT2D eigenvalue weighted by Crippen LogP contribution is 2.33. The number of allylic oxidation sites excluding steroid dienone is 2. The fourth-order valence-corrected chi connectivity index (χ4v) is 2.04. The minimum Gasteiger partial charge on any atom is -0.450 e. The second kappa shape index (κ2) is 4.63. The highest BCUT2D eigenvalue weighted by Gasteiger charge is 2.30. The summed E-state index contributed by atoms with van der Waals surface area (Å²) in [5.74, 6) is 1.92. The Hall–Kier alpha value is -0.790. The van der Waals surface area contributed by atoms with Crippen molar-refractivity contribution in [2.45, 2.75) is 57.8 Å². The predicted molar refractivity (Wildman–Crippen MR) is 54.7 cm³/mol. The van der Waals surface area contributed by atoms with E-state index in [-0.39, 0.29) is 5.78 Å². The van der Waals surface area contributed by atoms with Gasteiger partial charge in [0.25, 0.3) is 0 Å². The smallest absolute Gasteiger partial charge is 0.208 e. The predicted octanol–water partition coefficient (Wildman–Crippen LogP) is 3.32. The quantitative estimate of drug-likeness (QED) is 0.592. The lowest BCUT2D eigenvalue weighted by atomic mass is 10.0. The summed E-state index contributed by atoms with van der Waals surface area (Å²) in [7, 11) is 0. The number of rotatable bonds is 0. The maximum atomic E-state index is 11.5. The van der Waals surface area contributed by atoms with Gasteiger partial charge in [-0.15, -0.1) is 0 Å². The molecule has 1 aliphatic heterocycles.